The number of thiophene rings is 1. The molecule has 3 nitrogen and oxygen atoms in total. The molecule has 6 aliphatic carbocycles. The third-order valence-corrected chi connectivity index (χ3v) is 28.3. The first-order valence-corrected chi connectivity index (χ1v) is 40.8. The number of benzene rings is 17. The smallest absolute Gasteiger partial charge is 0.143 e. The molecule has 2 aromatic heterocycles. The van der Waals surface area contributed by atoms with E-state index in [-0.39, 0.29) is 10.8 Å². The summed E-state index contributed by atoms with van der Waals surface area (Å²) < 4.78 is 9.80. The topological polar surface area (TPSA) is 19.6 Å². The number of hydrogen-bond acceptors (Lipinski definition) is 4. The Morgan fingerprint density at radius 2 is 0.561 bits per heavy atom. The normalized spacial score (nSPS) is 14.8. The summed E-state index contributed by atoms with van der Waals surface area (Å²) in [6.07, 6.45) is 0. The molecule has 4 heteroatoms. The number of para-hydroxylation sites is 1. The molecule has 0 bridgehead atoms. The highest BCUT2D eigenvalue weighted by Crippen LogP contribution is 2.67. The highest BCUT2D eigenvalue weighted by molar-refractivity contribution is 7.25. The van der Waals surface area contributed by atoms with E-state index in [1.165, 1.54) is 154 Å². The first-order chi connectivity index (χ1) is 56.0. The van der Waals surface area contributed by atoms with E-state index < -0.39 is 10.8 Å². The minimum Gasteiger partial charge on any atom is -0.455 e. The number of rotatable bonds is 8. The van der Waals surface area contributed by atoms with Gasteiger partial charge in [-0.15, -0.1) is 11.3 Å². The minimum absolute atomic E-state index is 0.163. The molecular weight excluding hydrogens is 1400 g/mol. The van der Waals surface area contributed by atoms with E-state index in [1.807, 2.05) is 11.3 Å². The number of anilines is 6. The second-order valence-electron chi connectivity index (χ2n) is 33.2. The number of nitrogens with zero attached hydrogens (tertiary/aromatic N) is 2. The van der Waals surface area contributed by atoms with Gasteiger partial charge in [-0.05, 0) is 247 Å². The van der Waals surface area contributed by atoms with E-state index in [0.29, 0.717) is 0 Å². The summed E-state index contributed by atoms with van der Waals surface area (Å²) in [5.41, 5.74) is 42.7. The predicted molar refractivity (Wildman–Crippen MR) is 475 cm³/mol. The van der Waals surface area contributed by atoms with Gasteiger partial charge in [-0.25, -0.2) is 0 Å². The van der Waals surface area contributed by atoms with Crippen molar-refractivity contribution in [2.45, 2.75) is 49.4 Å². The fourth-order valence-corrected chi connectivity index (χ4v) is 23.3. The van der Waals surface area contributed by atoms with Crippen molar-refractivity contribution >= 4 is 87.6 Å². The van der Waals surface area contributed by atoms with Crippen molar-refractivity contribution < 1.29 is 4.42 Å². The Kier molecular flexibility index (Phi) is 12.9. The Morgan fingerprint density at radius 3 is 1.08 bits per heavy atom. The molecule has 19 aromatic rings. The molecule has 534 valence electrons. The van der Waals surface area contributed by atoms with Crippen LogP contribution in [0.2, 0.25) is 0 Å². The van der Waals surface area contributed by atoms with E-state index in [4.69, 9.17) is 4.42 Å². The molecule has 114 heavy (non-hydrogen) atoms. The van der Waals surface area contributed by atoms with Gasteiger partial charge in [0.2, 0.25) is 0 Å². The molecule has 0 aliphatic heterocycles. The van der Waals surface area contributed by atoms with Crippen LogP contribution in [0.15, 0.2) is 368 Å². The number of fused-ring (bicyclic) bond motifs is 32. The zero-order valence-electron chi connectivity index (χ0n) is 63.4. The summed E-state index contributed by atoms with van der Waals surface area (Å²) in [6.45, 7) is 9.50. The largest absolute Gasteiger partial charge is 0.455 e. The maximum Gasteiger partial charge on any atom is 0.143 e. The fourth-order valence-electron chi connectivity index (χ4n) is 22.2. The van der Waals surface area contributed by atoms with Crippen LogP contribution in [0.5, 0.6) is 0 Å². The Labute approximate surface area is 666 Å². The van der Waals surface area contributed by atoms with E-state index in [0.717, 1.165) is 78.3 Å². The lowest BCUT2D eigenvalue weighted by Gasteiger charge is -2.33. The third kappa shape index (κ3) is 8.34. The molecule has 25 rings (SSSR count). The molecule has 17 aromatic carbocycles. The van der Waals surface area contributed by atoms with Crippen molar-refractivity contribution in [2.24, 2.45) is 0 Å². The van der Waals surface area contributed by atoms with Crippen LogP contribution in [0, 0.1) is 0 Å². The van der Waals surface area contributed by atoms with Gasteiger partial charge in [-0.1, -0.05) is 295 Å². The minimum atomic E-state index is -0.641. The van der Waals surface area contributed by atoms with Gasteiger partial charge in [0.15, 0.2) is 0 Å². The number of hydrogen-bond donors (Lipinski definition) is 0. The summed E-state index contributed by atoms with van der Waals surface area (Å²) in [7, 11) is 0. The van der Waals surface area contributed by atoms with Crippen LogP contribution in [0.4, 0.5) is 34.1 Å². The maximum absolute atomic E-state index is 7.23. The molecule has 2 heterocycles. The Bertz CT molecular complexity index is 7250. The lowest BCUT2D eigenvalue weighted by molar-refractivity contribution is 0.660. The fraction of sp³-hybridized carbons (Fsp3) is 0.0727. The van der Waals surface area contributed by atoms with Crippen molar-refractivity contribution in [3.05, 3.63) is 431 Å². The molecule has 2 spiro atoms. The summed E-state index contributed by atoms with van der Waals surface area (Å²) in [6, 6.07) is 139. The maximum atomic E-state index is 7.23. The SMILES string of the molecule is CC1(C)c2ccccc2-c2ccc(N(c3ccc(-c4cccc5c4oc4cccc(-c6ccc7c(c6)-c6ccc(N(c8ccc9c(c8)C8(c%10ccccc%10-c%10ccccc%108)c8ccccc8-9)c8ccc9sc%10ccccc%10c9c8)cc6C76c7ccccc7-c7ccccc76)c45)cc3)c3ccc4c(c3)C(C)(C)c3ccccc3-4)cc21. The first-order valence-electron chi connectivity index (χ1n) is 40.0. The third-order valence-electron chi connectivity index (χ3n) is 27.1. The van der Waals surface area contributed by atoms with E-state index in [1.54, 1.807) is 0 Å². The van der Waals surface area contributed by atoms with Gasteiger partial charge in [0.05, 0.1) is 10.8 Å². The lowest BCUT2D eigenvalue weighted by atomic mass is 9.70. The van der Waals surface area contributed by atoms with Crippen molar-refractivity contribution in [2.75, 3.05) is 9.80 Å². The average Bonchev–Trinajstić information content (AvgIpc) is 1.51. The Morgan fingerprint density at radius 1 is 0.219 bits per heavy atom. The first kappa shape index (κ1) is 64.1. The molecule has 0 amide bonds. The summed E-state index contributed by atoms with van der Waals surface area (Å²) in [5, 5.41) is 4.73. The van der Waals surface area contributed by atoms with Crippen molar-refractivity contribution in [1.82, 2.24) is 0 Å². The second kappa shape index (κ2) is 23.0. The lowest BCUT2D eigenvalue weighted by Crippen LogP contribution is -2.26. The molecule has 0 atom stereocenters. The van der Waals surface area contributed by atoms with E-state index in [2.05, 4.69) is 401 Å². The van der Waals surface area contributed by atoms with Crippen LogP contribution in [0.1, 0.15) is 94.5 Å². The zero-order chi connectivity index (χ0) is 75.2. The standard InChI is InChI=1S/C110H72N2OS/c1-107(2)90-34-13-5-23-75(90)82-53-48-69(61-98(82)107)111(70-49-54-83-76-24-6-14-35-91(76)108(3,4)99(83)62-70)67-46-43-65(44-47-67)74-32-21-33-87-105-73(31-22-41-102(105)113-106(74)87)66-45-57-97-88(59-66)85-56-51-72(64-101(85)110(97)94-38-17-9-27-79(94)80-28-10-18-39-95(80)110)112(68-52-58-104-89(60-68)86-30-12-20-42-103(86)114-104)71-50-55-84-81-29-11-19-40-96(81)109(100(84)63-71)92-36-15-7-25-77(92)78-26-8-16-37-93(78)109/h5-64H,1-4H3. The number of furan rings is 1. The molecule has 0 radical (unpaired) electrons. The van der Waals surface area contributed by atoms with E-state index >= 15 is 0 Å². The molecule has 0 saturated carbocycles. The van der Waals surface area contributed by atoms with Crippen LogP contribution in [-0.2, 0) is 21.7 Å². The van der Waals surface area contributed by atoms with Gasteiger partial charge in [-0.3, -0.25) is 0 Å². The summed E-state index contributed by atoms with van der Waals surface area (Å²) >= 11 is 1.87. The van der Waals surface area contributed by atoms with Crippen molar-refractivity contribution in [1.29, 1.82) is 0 Å². The average molecular weight is 1470 g/mol. The van der Waals surface area contributed by atoms with Crippen LogP contribution in [-0.4, -0.2) is 0 Å². The van der Waals surface area contributed by atoms with Crippen LogP contribution in [0.25, 0.3) is 131 Å². The summed E-state index contributed by atoms with van der Waals surface area (Å²) in [5.74, 6) is 0. The summed E-state index contributed by atoms with van der Waals surface area (Å²) in [4.78, 5) is 5.03. The monoisotopic (exact) mass is 1470 g/mol. The van der Waals surface area contributed by atoms with Crippen molar-refractivity contribution in [3.8, 4) is 89.0 Å². The second-order valence-corrected chi connectivity index (χ2v) is 34.3. The van der Waals surface area contributed by atoms with Gasteiger partial charge in [-0.2, -0.15) is 0 Å². The molecule has 0 unspecified atom stereocenters. The van der Waals surface area contributed by atoms with Crippen molar-refractivity contribution in [3.63, 3.8) is 0 Å². The highest BCUT2D eigenvalue weighted by atomic mass is 32.1. The van der Waals surface area contributed by atoms with Gasteiger partial charge < -0.3 is 14.2 Å². The Hall–Kier alpha value is -13.6. The molecule has 6 aliphatic rings. The van der Waals surface area contributed by atoms with Gasteiger partial charge >= 0.3 is 0 Å². The van der Waals surface area contributed by atoms with Gasteiger partial charge in [0.1, 0.15) is 11.2 Å². The van der Waals surface area contributed by atoms with Crippen LogP contribution >= 0.6 is 11.3 Å². The molecule has 0 N–H and O–H groups in total. The van der Waals surface area contributed by atoms with Gasteiger partial charge in [0.25, 0.3) is 0 Å². The van der Waals surface area contributed by atoms with E-state index in [9.17, 15) is 0 Å². The molecular formula is C110H72N2OS. The van der Waals surface area contributed by atoms with Crippen LogP contribution < -0.4 is 9.80 Å². The predicted octanol–water partition coefficient (Wildman–Crippen LogP) is 29.5. The molecule has 0 saturated heterocycles. The zero-order valence-corrected chi connectivity index (χ0v) is 64.2. The highest BCUT2D eigenvalue weighted by Gasteiger charge is 2.54. The quantitative estimate of drug-likeness (QED) is 0.151. The van der Waals surface area contributed by atoms with Crippen LogP contribution in [0.3, 0.4) is 0 Å². The molecule has 0 fully saturated rings. The Balaban J connectivity index is 0.641. The van der Waals surface area contributed by atoms with Gasteiger partial charge in [0, 0.05) is 81.5 Å².